The molecule has 18 heavy (non-hydrogen) atoms. The van der Waals surface area contributed by atoms with Crippen LogP contribution >= 0.6 is 0 Å². The summed E-state index contributed by atoms with van der Waals surface area (Å²) in [5.74, 6) is -0.254. The maximum Gasteiger partial charge on any atom is 0.372 e. The van der Waals surface area contributed by atoms with Gasteiger partial charge in [0, 0.05) is 10.9 Å². The first-order valence-electron chi connectivity index (χ1n) is 6.08. The van der Waals surface area contributed by atoms with Gasteiger partial charge in [0.05, 0.1) is 6.61 Å². The van der Waals surface area contributed by atoms with Gasteiger partial charge in [-0.15, -0.1) is 0 Å². The number of hydrogen-bond acceptors (Lipinski definition) is 3. The Balaban J connectivity index is 2.50. The van der Waals surface area contributed by atoms with Gasteiger partial charge in [0.2, 0.25) is 5.76 Å². The maximum absolute atomic E-state index is 11.1. The number of carboxylic acids is 1. The van der Waals surface area contributed by atoms with E-state index in [-0.39, 0.29) is 5.76 Å². The van der Waals surface area contributed by atoms with Crippen LogP contribution in [0, 0.1) is 0 Å². The summed E-state index contributed by atoms with van der Waals surface area (Å²) in [7, 11) is 0. The fourth-order valence-corrected chi connectivity index (χ4v) is 1.96. The first-order chi connectivity index (χ1) is 8.67. The lowest BCUT2D eigenvalue weighted by Crippen LogP contribution is -1.98. The quantitative estimate of drug-likeness (QED) is 0.880. The summed E-state index contributed by atoms with van der Waals surface area (Å²) in [5.41, 5.74) is 1.31. The van der Waals surface area contributed by atoms with Crippen molar-refractivity contribution < 1.29 is 19.1 Å². The molecule has 2 rings (SSSR count). The zero-order chi connectivity index (χ0) is 13.1. The van der Waals surface area contributed by atoms with E-state index in [1.54, 1.807) is 12.1 Å². The fourth-order valence-electron chi connectivity index (χ4n) is 1.96. The first-order valence-corrected chi connectivity index (χ1v) is 6.08. The first kappa shape index (κ1) is 12.5. The van der Waals surface area contributed by atoms with Gasteiger partial charge in [0.25, 0.3) is 0 Å². The van der Waals surface area contributed by atoms with Crippen LogP contribution in [0.3, 0.4) is 0 Å². The predicted octanol–water partition coefficient (Wildman–Crippen LogP) is 3.48. The number of rotatable bonds is 5. The third kappa shape index (κ3) is 2.18. The number of ether oxygens (including phenoxy) is 1. The van der Waals surface area contributed by atoms with Crippen molar-refractivity contribution in [1.82, 2.24) is 0 Å². The molecule has 2 aromatic rings. The number of aryl methyl sites for hydroxylation is 1. The number of carbonyl (C=O) groups is 1. The SMILES string of the molecule is CCCOc1ccc2oc(C(=O)O)c(CC)c2c1. The summed E-state index contributed by atoms with van der Waals surface area (Å²) >= 11 is 0. The van der Waals surface area contributed by atoms with Crippen LogP contribution < -0.4 is 4.74 Å². The second-order valence-corrected chi connectivity index (χ2v) is 4.07. The topological polar surface area (TPSA) is 59.7 Å². The van der Waals surface area contributed by atoms with Gasteiger partial charge in [0.15, 0.2) is 0 Å². The minimum atomic E-state index is -1.03. The molecule has 1 heterocycles. The number of carboxylic acid groups (broad SMARTS) is 1. The average Bonchev–Trinajstić information content (AvgIpc) is 2.74. The molecule has 0 aliphatic heterocycles. The third-order valence-electron chi connectivity index (χ3n) is 2.78. The Morgan fingerprint density at radius 2 is 2.17 bits per heavy atom. The maximum atomic E-state index is 11.1. The summed E-state index contributed by atoms with van der Waals surface area (Å²) in [6.45, 7) is 4.60. The number of fused-ring (bicyclic) bond motifs is 1. The van der Waals surface area contributed by atoms with Crippen molar-refractivity contribution in [2.45, 2.75) is 26.7 Å². The van der Waals surface area contributed by atoms with E-state index in [2.05, 4.69) is 0 Å². The highest BCUT2D eigenvalue weighted by molar-refractivity contribution is 5.95. The normalized spacial score (nSPS) is 10.8. The highest BCUT2D eigenvalue weighted by Gasteiger charge is 2.18. The van der Waals surface area contributed by atoms with Gasteiger partial charge >= 0.3 is 5.97 Å². The van der Waals surface area contributed by atoms with E-state index >= 15 is 0 Å². The molecule has 1 aromatic carbocycles. The number of aromatic carboxylic acids is 1. The Hall–Kier alpha value is -1.97. The van der Waals surface area contributed by atoms with Gasteiger partial charge in [-0.25, -0.2) is 4.79 Å². The summed E-state index contributed by atoms with van der Waals surface area (Å²) in [6, 6.07) is 5.40. The van der Waals surface area contributed by atoms with Crippen LogP contribution in [0.2, 0.25) is 0 Å². The Morgan fingerprint density at radius 3 is 2.78 bits per heavy atom. The summed E-state index contributed by atoms with van der Waals surface area (Å²) in [6.07, 6.45) is 1.55. The zero-order valence-corrected chi connectivity index (χ0v) is 10.5. The van der Waals surface area contributed by atoms with Crippen LogP contribution in [0.25, 0.3) is 11.0 Å². The van der Waals surface area contributed by atoms with E-state index in [4.69, 9.17) is 14.3 Å². The largest absolute Gasteiger partial charge is 0.494 e. The standard InChI is InChI=1S/C14H16O4/c1-3-7-17-9-5-6-12-11(8-9)10(4-2)13(18-12)14(15)16/h5-6,8H,3-4,7H2,1-2H3,(H,15,16). The van der Waals surface area contributed by atoms with Crippen LogP contribution in [0.4, 0.5) is 0 Å². The molecule has 0 spiro atoms. The highest BCUT2D eigenvalue weighted by Crippen LogP contribution is 2.29. The molecule has 1 N–H and O–H groups in total. The van der Waals surface area contributed by atoms with Gasteiger partial charge in [-0.05, 0) is 31.0 Å². The molecule has 4 heteroatoms. The van der Waals surface area contributed by atoms with E-state index in [0.29, 0.717) is 18.6 Å². The van der Waals surface area contributed by atoms with E-state index in [1.807, 2.05) is 19.9 Å². The molecule has 1 aromatic heterocycles. The molecule has 0 aliphatic rings. The van der Waals surface area contributed by atoms with Crippen LogP contribution in [0.5, 0.6) is 5.75 Å². The number of benzene rings is 1. The van der Waals surface area contributed by atoms with E-state index < -0.39 is 5.97 Å². The summed E-state index contributed by atoms with van der Waals surface area (Å²) in [5, 5.41) is 9.91. The second kappa shape index (κ2) is 5.12. The molecule has 0 amide bonds. The molecule has 0 saturated heterocycles. The lowest BCUT2D eigenvalue weighted by Gasteiger charge is -2.04. The molecule has 0 atom stereocenters. The Morgan fingerprint density at radius 1 is 1.39 bits per heavy atom. The van der Waals surface area contributed by atoms with Crippen molar-refractivity contribution >= 4 is 16.9 Å². The number of hydrogen-bond donors (Lipinski definition) is 1. The molecule has 0 bridgehead atoms. The van der Waals surface area contributed by atoms with E-state index in [0.717, 1.165) is 23.1 Å². The molecule has 0 aliphatic carbocycles. The molecule has 96 valence electrons. The molecule has 4 nitrogen and oxygen atoms in total. The smallest absolute Gasteiger partial charge is 0.372 e. The lowest BCUT2D eigenvalue weighted by atomic mass is 10.1. The Kier molecular flexibility index (Phi) is 3.55. The van der Waals surface area contributed by atoms with Crippen LogP contribution in [0.1, 0.15) is 36.4 Å². The molecule has 0 saturated carbocycles. The van der Waals surface area contributed by atoms with Crippen molar-refractivity contribution in [3.63, 3.8) is 0 Å². The molecule has 0 fully saturated rings. The lowest BCUT2D eigenvalue weighted by molar-refractivity contribution is 0.0663. The van der Waals surface area contributed by atoms with Crippen molar-refractivity contribution in [2.75, 3.05) is 6.61 Å². The van der Waals surface area contributed by atoms with Crippen LogP contribution in [-0.4, -0.2) is 17.7 Å². The Labute approximate surface area is 105 Å². The van der Waals surface area contributed by atoms with Crippen molar-refractivity contribution in [2.24, 2.45) is 0 Å². The number of furan rings is 1. The van der Waals surface area contributed by atoms with E-state index in [1.165, 1.54) is 0 Å². The van der Waals surface area contributed by atoms with Crippen LogP contribution in [0.15, 0.2) is 22.6 Å². The average molecular weight is 248 g/mol. The minimum absolute atomic E-state index is 0.0279. The van der Waals surface area contributed by atoms with Crippen molar-refractivity contribution in [1.29, 1.82) is 0 Å². The fraction of sp³-hybridized carbons (Fsp3) is 0.357. The van der Waals surface area contributed by atoms with Gasteiger partial charge < -0.3 is 14.3 Å². The van der Waals surface area contributed by atoms with E-state index in [9.17, 15) is 4.79 Å². The van der Waals surface area contributed by atoms with Gasteiger partial charge in [-0.3, -0.25) is 0 Å². The highest BCUT2D eigenvalue weighted by atomic mass is 16.5. The molecule has 0 unspecified atom stereocenters. The molecular weight excluding hydrogens is 232 g/mol. The summed E-state index contributed by atoms with van der Waals surface area (Å²) < 4.78 is 10.9. The predicted molar refractivity (Wildman–Crippen MR) is 68.3 cm³/mol. The Bertz CT molecular complexity index is 568. The minimum Gasteiger partial charge on any atom is -0.494 e. The summed E-state index contributed by atoms with van der Waals surface area (Å²) in [4.78, 5) is 11.1. The van der Waals surface area contributed by atoms with Gasteiger partial charge in [0.1, 0.15) is 11.3 Å². The van der Waals surface area contributed by atoms with Crippen molar-refractivity contribution in [3.8, 4) is 5.75 Å². The van der Waals surface area contributed by atoms with Crippen LogP contribution in [-0.2, 0) is 6.42 Å². The third-order valence-corrected chi connectivity index (χ3v) is 2.78. The zero-order valence-electron chi connectivity index (χ0n) is 10.5. The van der Waals surface area contributed by atoms with Gasteiger partial charge in [-0.1, -0.05) is 13.8 Å². The molecule has 0 radical (unpaired) electrons. The van der Waals surface area contributed by atoms with Crippen molar-refractivity contribution in [3.05, 3.63) is 29.5 Å². The van der Waals surface area contributed by atoms with Gasteiger partial charge in [-0.2, -0.15) is 0 Å². The second-order valence-electron chi connectivity index (χ2n) is 4.07. The monoisotopic (exact) mass is 248 g/mol. The molecular formula is C14H16O4.